The summed E-state index contributed by atoms with van der Waals surface area (Å²) in [7, 11) is 0. The van der Waals surface area contributed by atoms with E-state index in [1.807, 2.05) is 4.90 Å². The lowest BCUT2D eigenvalue weighted by Crippen LogP contribution is -2.49. The first-order valence-corrected chi connectivity index (χ1v) is 7.93. The van der Waals surface area contributed by atoms with Gasteiger partial charge in [0.05, 0.1) is 0 Å². The van der Waals surface area contributed by atoms with Crippen LogP contribution in [0.25, 0.3) is 0 Å². The number of carbonyl (C=O) groups is 2. The van der Waals surface area contributed by atoms with Gasteiger partial charge >= 0.3 is 0 Å². The van der Waals surface area contributed by atoms with E-state index in [0.717, 1.165) is 39.1 Å². The van der Waals surface area contributed by atoms with Gasteiger partial charge < -0.3 is 10.6 Å². The van der Waals surface area contributed by atoms with Crippen molar-refractivity contribution in [2.75, 3.05) is 32.7 Å². The Hall–Kier alpha value is -1.10. The van der Waals surface area contributed by atoms with Gasteiger partial charge in [-0.25, -0.2) is 0 Å². The van der Waals surface area contributed by atoms with Crippen molar-refractivity contribution in [1.82, 2.24) is 9.80 Å². The van der Waals surface area contributed by atoms with Crippen molar-refractivity contribution >= 4 is 11.8 Å². The van der Waals surface area contributed by atoms with E-state index in [1.165, 1.54) is 32.1 Å². The zero-order valence-corrected chi connectivity index (χ0v) is 12.4. The average molecular weight is 281 g/mol. The number of primary amides is 1. The summed E-state index contributed by atoms with van der Waals surface area (Å²) in [4.78, 5) is 27.3. The van der Waals surface area contributed by atoms with Gasteiger partial charge in [0.2, 0.25) is 11.8 Å². The van der Waals surface area contributed by atoms with Gasteiger partial charge in [0.25, 0.3) is 0 Å². The second-order valence-corrected chi connectivity index (χ2v) is 6.15. The Morgan fingerprint density at radius 3 is 2.25 bits per heavy atom. The smallest absolute Gasteiger partial charge is 0.222 e. The molecule has 2 fully saturated rings. The third-order valence-electron chi connectivity index (χ3n) is 4.59. The molecular weight excluding hydrogens is 254 g/mol. The van der Waals surface area contributed by atoms with E-state index < -0.39 is 0 Å². The van der Waals surface area contributed by atoms with E-state index in [1.54, 1.807) is 0 Å². The normalized spacial score (nSPS) is 21.9. The summed E-state index contributed by atoms with van der Waals surface area (Å²) < 4.78 is 0. The molecule has 114 valence electrons. The van der Waals surface area contributed by atoms with Crippen molar-refractivity contribution in [2.24, 2.45) is 11.7 Å². The monoisotopic (exact) mass is 281 g/mol. The Morgan fingerprint density at radius 1 is 1.00 bits per heavy atom. The third-order valence-corrected chi connectivity index (χ3v) is 4.59. The molecule has 2 aliphatic rings. The standard InChI is InChI=1S/C15H27N3O2/c16-14(19)6-7-17-8-10-18(11-9-17)15(20)12-13-4-2-1-3-5-13/h13H,1-12H2,(H2,16,19). The van der Waals surface area contributed by atoms with Crippen LogP contribution in [0.1, 0.15) is 44.9 Å². The molecule has 0 bridgehead atoms. The molecule has 2 amide bonds. The Balaban J connectivity index is 1.67. The van der Waals surface area contributed by atoms with Crippen LogP contribution >= 0.6 is 0 Å². The fraction of sp³-hybridized carbons (Fsp3) is 0.867. The highest BCUT2D eigenvalue weighted by atomic mass is 16.2. The maximum absolute atomic E-state index is 12.3. The number of nitrogens with zero attached hydrogens (tertiary/aromatic N) is 2. The van der Waals surface area contributed by atoms with Crippen molar-refractivity contribution in [2.45, 2.75) is 44.9 Å². The van der Waals surface area contributed by atoms with Crippen molar-refractivity contribution in [3.63, 3.8) is 0 Å². The highest BCUT2D eigenvalue weighted by Crippen LogP contribution is 2.26. The summed E-state index contributed by atoms with van der Waals surface area (Å²) in [5, 5.41) is 0. The highest BCUT2D eigenvalue weighted by molar-refractivity contribution is 5.76. The molecule has 0 aromatic carbocycles. The van der Waals surface area contributed by atoms with Crippen LogP contribution in [0, 0.1) is 5.92 Å². The van der Waals surface area contributed by atoms with E-state index in [0.29, 0.717) is 18.2 Å². The summed E-state index contributed by atoms with van der Waals surface area (Å²) in [5.74, 6) is 0.691. The van der Waals surface area contributed by atoms with Crippen LogP contribution in [0.2, 0.25) is 0 Å². The first-order valence-electron chi connectivity index (χ1n) is 7.93. The van der Waals surface area contributed by atoms with Gasteiger partial charge in [-0.1, -0.05) is 19.3 Å². The zero-order chi connectivity index (χ0) is 14.4. The molecular formula is C15H27N3O2. The first-order chi connectivity index (χ1) is 9.65. The summed E-state index contributed by atoms with van der Waals surface area (Å²) in [6, 6.07) is 0. The van der Waals surface area contributed by atoms with Crippen molar-refractivity contribution in [3.8, 4) is 0 Å². The number of rotatable bonds is 5. The van der Waals surface area contributed by atoms with Crippen LogP contribution in [-0.4, -0.2) is 54.3 Å². The van der Waals surface area contributed by atoms with Crippen LogP contribution in [0.3, 0.4) is 0 Å². The van der Waals surface area contributed by atoms with Gasteiger partial charge in [0.15, 0.2) is 0 Å². The third kappa shape index (κ3) is 4.78. The van der Waals surface area contributed by atoms with Gasteiger partial charge in [-0.2, -0.15) is 0 Å². The molecule has 0 radical (unpaired) electrons. The van der Waals surface area contributed by atoms with Crippen LogP contribution in [0.4, 0.5) is 0 Å². The number of hydrogen-bond donors (Lipinski definition) is 1. The molecule has 1 aliphatic carbocycles. The average Bonchev–Trinajstić information content (AvgIpc) is 2.46. The minimum atomic E-state index is -0.249. The Bertz CT molecular complexity index is 332. The zero-order valence-electron chi connectivity index (χ0n) is 12.4. The second kappa shape index (κ2) is 7.62. The number of nitrogens with two attached hydrogens (primary N) is 1. The summed E-state index contributed by atoms with van der Waals surface area (Å²) in [6.45, 7) is 4.04. The van der Waals surface area contributed by atoms with Crippen LogP contribution in [0.5, 0.6) is 0 Å². The number of amides is 2. The van der Waals surface area contributed by atoms with Crippen LogP contribution in [0.15, 0.2) is 0 Å². The molecule has 1 saturated heterocycles. The molecule has 1 aliphatic heterocycles. The van der Waals surface area contributed by atoms with Gasteiger partial charge in [0.1, 0.15) is 0 Å². The molecule has 1 heterocycles. The van der Waals surface area contributed by atoms with Gasteiger partial charge in [-0.05, 0) is 18.8 Å². The topological polar surface area (TPSA) is 66.6 Å². The lowest BCUT2D eigenvalue weighted by molar-refractivity contribution is -0.134. The number of carbonyl (C=O) groups excluding carboxylic acids is 2. The maximum atomic E-state index is 12.3. The second-order valence-electron chi connectivity index (χ2n) is 6.15. The fourth-order valence-electron chi connectivity index (χ4n) is 3.26. The number of hydrogen-bond acceptors (Lipinski definition) is 3. The van der Waals surface area contributed by atoms with Gasteiger partial charge in [-0.3, -0.25) is 14.5 Å². The van der Waals surface area contributed by atoms with E-state index in [9.17, 15) is 9.59 Å². The Kier molecular flexibility index (Phi) is 5.83. The molecule has 20 heavy (non-hydrogen) atoms. The predicted octanol–water partition coefficient (Wildman–Crippen LogP) is 0.976. The molecule has 0 aromatic heterocycles. The predicted molar refractivity (Wildman–Crippen MR) is 78.0 cm³/mol. The Labute approximate surface area is 121 Å². The van der Waals surface area contributed by atoms with E-state index in [-0.39, 0.29) is 5.91 Å². The Morgan fingerprint density at radius 2 is 1.65 bits per heavy atom. The van der Waals surface area contributed by atoms with Crippen molar-refractivity contribution in [1.29, 1.82) is 0 Å². The number of piperazine rings is 1. The first kappa shape index (κ1) is 15.3. The molecule has 5 heteroatoms. The van der Waals surface area contributed by atoms with Crippen LogP contribution in [-0.2, 0) is 9.59 Å². The minimum absolute atomic E-state index is 0.249. The summed E-state index contributed by atoms with van der Waals surface area (Å²) >= 11 is 0. The van der Waals surface area contributed by atoms with E-state index >= 15 is 0 Å². The molecule has 0 spiro atoms. The molecule has 0 atom stereocenters. The molecule has 1 saturated carbocycles. The van der Waals surface area contributed by atoms with Crippen LogP contribution < -0.4 is 5.73 Å². The minimum Gasteiger partial charge on any atom is -0.370 e. The van der Waals surface area contributed by atoms with E-state index in [2.05, 4.69) is 4.90 Å². The molecule has 5 nitrogen and oxygen atoms in total. The quantitative estimate of drug-likeness (QED) is 0.817. The fourth-order valence-corrected chi connectivity index (χ4v) is 3.26. The van der Waals surface area contributed by atoms with Crippen molar-refractivity contribution < 1.29 is 9.59 Å². The largest absolute Gasteiger partial charge is 0.370 e. The van der Waals surface area contributed by atoms with E-state index in [4.69, 9.17) is 5.73 Å². The molecule has 2 N–H and O–H groups in total. The molecule has 0 unspecified atom stereocenters. The lowest BCUT2D eigenvalue weighted by Gasteiger charge is -2.35. The van der Waals surface area contributed by atoms with Gasteiger partial charge in [-0.15, -0.1) is 0 Å². The molecule has 2 rings (SSSR count). The molecule has 0 aromatic rings. The van der Waals surface area contributed by atoms with Gasteiger partial charge in [0, 0.05) is 45.6 Å². The SMILES string of the molecule is NC(=O)CCN1CCN(C(=O)CC2CCCCC2)CC1. The summed E-state index contributed by atoms with van der Waals surface area (Å²) in [6.07, 6.45) is 7.52. The summed E-state index contributed by atoms with van der Waals surface area (Å²) in [5.41, 5.74) is 5.16. The van der Waals surface area contributed by atoms with Crippen molar-refractivity contribution in [3.05, 3.63) is 0 Å². The lowest BCUT2D eigenvalue weighted by atomic mass is 9.86. The highest BCUT2D eigenvalue weighted by Gasteiger charge is 2.24. The maximum Gasteiger partial charge on any atom is 0.222 e.